The maximum absolute atomic E-state index is 14.2. The second-order valence-electron chi connectivity index (χ2n) is 6.49. The van der Waals surface area contributed by atoms with Gasteiger partial charge in [-0.3, -0.25) is 4.79 Å². The van der Waals surface area contributed by atoms with Gasteiger partial charge in [0, 0.05) is 19.8 Å². The van der Waals surface area contributed by atoms with Crippen LogP contribution in [0.3, 0.4) is 0 Å². The van der Waals surface area contributed by atoms with Gasteiger partial charge >= 0.3 is 0 Å². The first kappa shape index (κ1) is 18.2. The number of nitrogens with zero attached hydrogens (tertiary/aromatic N) is 2. The van der Waals surface area contributed by atoms with Gasteiger partial charge in [0.15, 0.2) is 0 Å². The van der Waals surface area contributed by atoms with Crippen LogP contribution in [-0.2, 0) is 11.2 Å². The van der Waals surface area contributed by atoms with Crippen LogP contribution in [0.5, 0.6) is 0 Å². The van der Waals surface area contributed by atoms with Crippen LogP contribution in [-0.4, -0.2) is 33.4 Å². The Labute approximate surface area is 150 Å². The molecule has 1 N–H and O–H groups in total. The summed E-state index contributed by atoms with van der Waals surface area (Å²) in [7, 11) is 0. The molecule has 4 nitrogen and oxygen atoms in total. The molecule has 1 aliphatic heterocycles. The number of carbonyl (C=O) groups is 1. The van der Waals surface area contributed by atoms with E-state index in [4.69, 9.17) is 0 Å². The maximum atomic E-state index is 14.2. The van der Waals surface area contributed by atoms with E-state index in [-0.39, 0.29) is 12.1 Å². The number of aryl methyl sites for hydroxylation is 1. The van der Waals surface area contributed by atoms with E-state index in [1.807, 2.05) is 30.3 Å². The summed E-state index contributed by atoms with van der Waals surface area (Å²) in [6, 6.07) is 18.0. The Morgan fingerprint density at radius 3 is 2.31 bits per heavy atom. The number of amides is 1. The fraction of sp³-hybridized carbons (Fsp3) is 0.300. The summed E-state index contributed by atoms with van der Waals surface area (Å²) >= 11 is 0. The van der Waals surface area contributed by atoms with E-state index >= 15 is 0 Å². The molecule has 1 unspecified atom stereocenters. The van der Waals surface area contributed by atoms with E-state index in [9.17, 15) is 18.7 Å². The Balaban J connectivity index is 1.85. The average molecular weight is 358 g/mol. The van der Waals surface area contributed by atoms with Crippen LogP contribution in [0, 0.1) is 0 Å². The zero-order chi connectivity index (χ0) is 18.8. The number of hydrogen-bond acceptors (Lipinski definition) is 3. The number of hydrazone groups is 1. The lowest BCUT2D eigenvalue weighted by Gasteiger charge is -2.35. The van der Waals surface area contributed by atoms with Gasteiger partial charge in [-0.25, -0.2) is 8.78 Å². The molecule has 0 aliphatic carbocycles. The minimum absolute atomic E-state index is 0.0199. The van der Waals surface area contributed by atoms with Gasteiger partial charge in [-0.2, -0.15) is 10.1 Å². The van der Waals surface area contributed by atoms with Crippen molar-refractivity contribution in [2.24, 2.45) is 5.10 Å². The van der Waals surface area contributed by atoms with Gasteiger partial charge in [-0.05, 0) is 17.5 Å². The lowest BCUT2D eigenvalue weighted by molar-refractivity contribution is -0.235. The standard InChI is InChI=1S/C20H20F2N2O2/c1-19(21,22)20(26)14-17(16-10-6-3-7-11-16)23-24(20)18(25)13-12-15-8-4-2-5-9-15/h2-11,26H,12-14H2,1H3. The van der Waals surface area contributed by atoms with Crippen molar-refractivity contribution in [1.29, 1.82) is 0 Å². The Hall–Kier alpha value is -2.60. The third-order valence-corrected chi connectivity index (χ3v) is 4.50. The summed E-state index contributed by atoms with van der Waals surface area (Å²) in [4.78, 5) is 12.6. The smallest absolute Gasteiger partial charge is 0.294 e. The lowest BCUT2D eigenvalue weighted by Crippen LogP contribution is -2.57. The summed E-state index contributed by atoms with van der Waals surface area (Å²) < 4.78 is 28.3. The molecule has 2 aromatic rings. The molecule has 136 valence electrons. The first-order valence-corrected chi connectivity index (χ1v) is 8.41. The maximum Gasteiger partial charge on any atom is 0.294 e. The molecule has 3 rings (SSSR count). The Bertz CT molecular complexity index is 804. The van der Waals surface area contributed by atoms with Crippen LogP contribution in [0.1, 0.15) is 30.9 Å². The van der Waals surface area contributed by atoms with Gasteiger partial charge < -0.3 is 5.11 Å². The van der Waals surface area contributed by atoms with Crippen molar-refractivity contribution < 1.29 is 18.7 Å². The summed E-state index contributed by atoms with van der Waals surface area (Å²) in [5.41, 5.74) is -0.873. The average Bonchev–Trinajstić information content (AvgIpc) is 3.00. The van der Waals surface area contributed by atoms with E-state index < -0.39 is 24.0 Å². The van der Waals surface area contributed by atoms with Crippen LogP contribution < -0.4 is 0 Å². The van der Waals surface area contributed by atoms with Crippen molar-refractivity contribution in [1.82, 2.24) is 5.01 Å². The molecule has 0 saturated heterocycles. The van der Waals surface area contributed by atoms with E-state index in [2.05, 4.69) is 5.10 Å². The lowest BCUT2D eigenvalue weighted by atomic mass is 9.96. The zero-order valence-electron chi connectivity index (χ0n) is 14.4. The van der Waals surface area contributed by atoms with Crippen molar-refractivity contribution >= 4 is 11.6 Å². The van der Waals surface area contributed by atoms with E-state index in [1.165, 1.54) is 0 Å². The topological polar surface area (TPSA) is 52.9 Å². The van der Waals surface area contributed by atoms with Gasteiger partial charge in [0.1, 0.15) is 0 Å². The van der Waals surface area contributed by atoms with E-state index in [0.717, 1.165) is 5.56 Å². The van der Waals surface area contributed by atoms with Gasteiger partial charge in [-0.1, -0.05) is 60.7 Å². The highest BCUT2D eigenvalue weighted by atomic mass is 19.3. The number of carbonyl (C=O) groups excluding carboxylic acids is 1. The van der Waals surface area contributed by atoms with Crippen LogP contribution in [0.2, 0.25) is 0 Å². The minimum atomic E-state index is -3.52. The molecule has 1 heterocycles. The van der Waals surface area contributed by atoms with Gasteiger partial charge in [0.2, 0.25) is 11.6 Å². The van der Waals surface area contributed by atoms with Crippen LogP contribution in [0.15, 0.2) is 65.8 Å². The number of halogens is 2. The first-order chi connectivity index (χ1) is 12.3. The molecule has 1 atom stereocenters. The molecule has 26 heavy (non-hydrogen) atoms. The molecule has 0 fully saturated rings. The SMILES string of the molecule is CC(F)(F)C1(O)CC(c2ccccc2)=NN1C(=O)CCc1ccccc1. The van der Waals surface area contributed by atoms with Crippen LogP contribution in [0.25, 0.3) is 0 Å². The molecule has 1 amide bonds. The largest absolute Gasteiger partial charge is 0.364 e. The predicted molar refractivity (Wildman–Crippen MR) is 94.8 cm³/mol. The zero-order valence-corrected chi connectivity index (χ0v) is 14.4. The van der Waals surface area contributed by atoms with Crippen LogP contribution in [0.4, 0.5) is 8.78 Å². The normalized spacial score (nSPS) is 20.2. The van der Waals surface area contributed by atoms with Crippen molar-refractivity contribution in [2.45, 2.75) is 37.8 Å². The van der Waals surface area contributed by atoms with E-state index in [0.29, 0.717) is 23.9 Å². The van der Waals surface area contributed by atoms with Crippen molar-refractivity contribution in [3.8, 4) is 0 Å². The molecule has 0 bridgehead atoms. The van der Waals surface area contributed by atoms with Crippen molar-refractivity contribution in [3.63, 3.8) is 0 Å². The number of hydrogen-bond donors (Lipinski definition) is 1. The Morgan fingerprint density at radius 2 is 1.73 bits per heavy atom. The number of aliphatic hydroxyl groups is 1. The number of rotatable bonds is 5. The Morgan fingerprint density at radius 1 is 1.15 bits per heavy atom. The highest BCUT2D eigenvalue weighted by Crippen LogP contribution is 2.40. The minimum Gasteiger partial charge on any atom is -0.364 e. The highest BCUT2D eigenvalue weighted by molar-refractivity contribution is 6.03. The molecular weight excluding hydrogens is 338 g/mol. The summed E-state index contributed by atoms with van der Waals surface area (Å²) in [5, 5.41) is 15.3. The summed E-state index contributed by atoms with van der Waals surface area (Å²) in [6.45, 7) is 0.605. The first-order valence-electron chi connectivity index (χ1n) is 8.41. The van der Waals surface area contributed by atoms with Crippen molar-refractivity contribution in [3.05, 3.63) is 71.8 Å². The van der Waals surface area contributed by atoms with Gasteiger partial charge in [-0.15, -0.1) is 0 Å². The molecule has 0 radical (unpaired) electrons. The van der Waals surface area contributed by atoms with E-state index in [1.54, 1.807) is 30.3 Å². The van der Waals surface area contributed by atoms with Crippen molar-refractivity contribution in [2.75, 3.05) is 0 Å². The quantitative estimate of drug-likeness (QED) is 0.888. The molecule has 0 spiro atoms. The number of benzene rings is 2. The van der Waals surface area contributed by atoms with Gasteiger partial charge in [0.25, 0.3) is 5.92 Å². The third-order valence-electron chi connectivity index (χ3n) is 4.50. The van der Waals surface area contributed by atoms with Gasteiger partial charge in [0.05, 0.1) is 5.71 Å². The second kappa shape index (κ2) is 6.96. The fourth-order valence-electron chi connectivity index (χ4n) is 2.94. The fourth-order valence-corrected chi connectivity index (χ4v) is 2.94. The highest BCUT2D eigenvalue weighted by Gasteiger charge is 2.59. The Kier molecular flexibility index (Phi) is 4.87. The molecule has 6 heteroatoms. The second-order valence-corrected chi connectivity index (χ2v) is 6.49. The number of alkyl halides is 2. The summed E-state index contributed by atoms with van der Waals surface area (Å²) in [6.07, 6.45) is -0.0523. The third kappa shape index (κ3) is 3.51. The monoisotopic (exact) mass is 358 g/mol. The molecule has 2 aromatic carbocycles. The molecule has 0 aromatic heterocycles. The summed E-state index contributed by atoms with van der Waals surface area (Å²) in [5.74, 6) is -4.15. The predicted octanol–water partition coefficient (Wildman–Crippen LogP) is 3.60. The molecular formula is C20H20F2N2O2. The van der Waals surface area contributed by atoms with Crippen LogP contribution >= 0.6 is 0 Å². The molecule has 1 aliphatic rings. The molecule has 0 saturated carbocycles.